The lowest BCUT2D eigenvalue weighted by molar-refractivity contribution is -0.0513. The van der Waals surface area contributed by atoms with Crippen molar-refractivity contribution < 1.29 is 9.84 Å². The first kappa shape index (κ1) is 13.9. The van der Waals surface area contributed by atoms with Crippen molar-refractivity contribution in [2.75, 3.05) is 26.8 Å². The molecule has 0 radical (unpaired) electrons. The van der Waals surface area contributed by atoms with Crippen LogP contribution in [0.5, 0.6) is 0 Å². The van der Waals surface area contributed by atoms with Gasteiger partial charge in [0.2, 0.25) is 0 Å². The number of hydrogen-bond acceptors (Lipinski definition) is 3. The third-order valence-electron chi connectivity index (χ3n) is 3.87. The summed E-state index contributed by atoms with van der Waals surface area (Å²) in [6.45, 7) is 11.3. The molecule has 1 aliphatic rings. The summed E-state index contributed by atoms with van der Waals surface area (Å²) in [5.74, 6) is 0.267. The second-order valence-corrected chi connectivity index (χ2v) is 6.17. The molecule has 0 amide bonds. The smallest absolute Gasteiger partial charge is 0.0624 e. The molecule has 96 valence electrons. The Morgan fingerprint density at radius 3 is 2.56 bits per heavy atom. The van der Waals surface area contributed by atoms with Crippen molar-refractivity contribution in [3.63, 3.8) is 0 Å². The van der Waals surface area contributed by atoms with Gasteiger partial charge < -0.3 is 14.7 Å². The van der Waals surface area contributed by atoms with Gasteiger partial charge in [0.05, 0.1) is 12.7 Å². The second-order valence-electron chi connectivity index (χ2n) is 6.17. The Morgan fingerprint density at radius 1 is 1.44 bits per heavy atom. The Hall–Kier alpha value is -0.120. The lowest BCUT2D eigenvalue weighted by Gasteiger charge is -2.39. The highest BCUT2D eigenvalue weighted by Gasteiger charge is 2.29. The number of aliphatic hydroxyl groups excluding tert-OH is 1. The van der Waals surface area contributed by atoms with Crippen LogP contribution < -0.4 is 0 Å². The maximum Gasteiger partial charge on any atom is 0.0624 e. The summed E-state index contributed by atoms with van der Waals surface area (Å²) in [4.78, 5) is 2.34. The molecular weight excluding hydrogens is 202 g/mol. The Bertz CT molecular complexity index is 212. The molecule has 3 unspecified atom stereocenters. The van der Waals surface area contributed by atoms with Gasteiger partial charge in [-0.3, -0.25) is 0 Å². The monoisotopic (exact) mass is 229 g/mol. The van der Waals surface area contributed by atoms with Crippen molar-refractivity contribution in [3.05, 3.63) is 0 Å². The van der Waals surface area contributed by atoms with Gasteiger partial charge in [0.1, 0.15) is 0 Å². The molecule has 1 aliphatic heterocycles. The lowest BCUT2D eigenvalue weighted by Crippen LogP contribution is -2.46. The van der Waals surface area contributed by atoms with Gasteiger partial charge in [-0.2, -0.15) is 0 Å². The highest BCUT2D eigenvalue weighted by atomic mass is 16.5. The predicted molar refractivity (Wildman–Crippen MR) is 66.5 cm³/mol. The third kappa shape index (κ3) is 3.72. The van der Waals surface area contributed by atoms with E-state index in [9.17, 15) is 5.11 Å². The van der Waals surface area contributed by atoms with Crippen LogP contribution in [-0.2, 0) is 4.74 Å². The quantitative estimate of drug-likeness (QED) is 0.800. The summed E-state index contributed by atoms with van der Waals surface area (Å²) in [6, 6.07) is 0.502. The van der Waals surface area contributed by atoms with E-state index in [2.05, 4.69) is 39.6 Å². The van der Waals surface area contributed by atoms with Gasteiger partial charge in [-0.25, -0.2) is 0 Å². The zero-order valence-corrected chi connectivity index (χ0v) is 11.4. The first-order chi connectivity index (χ1) is 7.32. The Kier molecular flexibility index (Phi) is 4.77. The fourth-order valence-electron chi connectivity index (χ4n) is 2.15. The van der Waals surface area contributed by atoms with E-state index < -0.39 is 0 Å². The van der Waals surface area contributed by atoms with Gasteiger partial charge in [0.15, 0.2) is 0 Å². The van der Waals surface area contributed by atoms with E-state index in [0.717, 1.165) is 13.0 Å². The molecule has 0 aromatic heterocycles. The Balaban J connectivity index is 2.46. The summed E-state index contributed by atoms with van der Waals surface area (Å²) in [6.07, 6.45) is 0.589. The van der Waals surface area contributed by atoms with Crippen molar-refractivity contribution in [2.45, 2.75) is 46.3 Å². The average molecular weight is 229 g/mol. The zero-order valence-electron chi connectivity index (χ0n) is 11.4. The van der Waals surface area contributed by atoms with E-state index in [1.165, 1.54) is 0 Å². The fraction of sp³-hybridized carbons (Fsp3) is 1.00. The van der Waals surface area contributed by atoms with Crippen LogP contribution in [-0.4, -0.2) is 49.0 Å². The molecule has 0 aromatic carbocycles. The summed E-state index contributed by atoms with van der Waals surface area (Å²) < 4.78 is 5.43. The van der Waals surface area contributed by atoms with Crippen molar-refractivity contribution in [1.29, 1.82) is 0 Å². The minimum absolute atomic E-state index is 0.191. The zero-order chi connectivity index (χ0) is 12.3. The van der Waals surface area contributed by atoms with E-state index >= 15 is 0 Å². The van der Waals surface area contributed by atoms with Gasteiger partial charge in [0, 0.05) is 25.1 Å². The number of ether oxygens (including phenoxy) is 1. The van der Waals surface area contributed by atoms with Crippen molar-refractivity contribution in [3.8, 4) is 0 Å². The first-order valence-corrected chi connectivity index (χ1v) is 6.28. The van der Waals surface area contributed by atoms with Crippen LogP contribution in [0.3, 0.4) is 0 Å². The van der Waals surface area contributed by atoms with Crippen LogP contribution in [0, 0.1) is 11.3 Å². The summed E-state index contributed by atoms with van der Waals surface area (Å²) in [7, 11) is 2.14. The molecule has 0 saturated carbocycles. The number of nitrogens with zero attached hydrogens (tertiary/aromatic N) is 1. The normalized spacial score (nSPS) is 29.4. The van der Waals surface area contributed by atoms with Gasteiger partial charge >= 0.3 is 0 Å². The van der Waals surface area contributed by atoms with Crippen LogP contribution >= 0.6 is 0 Å². The molecule has 0 aliphatic carbocycles. The van der Waals surface area contributed by atoms with E-state index in [1.54, 1.807) is 0 Å². The molecular formula is C13H27NO2. The van der Waals surface area contributed by atoms with Gasteiger partial charge in [0.25, 0.3) is 0 Å². The molecule has 1 fully saturated rings. The molecule has 0 bridgehead atoms. The topological polar surface area (TPSA) is 32.7 Å². The molecule has 1 saturated heterocycles. The molecule has 1 rings (SSSR count). The summed E-state index contributed by atoms with van der Waals surface area (Å²) in [5.41, 5.74) is 0.273. The SMILES string of the molecule is CC(N(C)CC1COCCC1O)C(C)(C)C. The number of rotatable bonds is 3. The van der Waals surface area contributed by atoms with E-state index in [-0.39, 0.29) is 17.4 Å². The minimum Gasteiger partial charge on any atom is -0.393 e. The van der Waals surface area contributed by atoms with E-state index in [0.29, 0.717) is 19.3 Å². The maximum atomic E-state index is 9.90. The molecule has 3 atom stereocenters. The Morgan fingerprint density at radius 2 is 2.06 bits per heavy atom. The molecule has 0 aromatic rings. The van der Waals surface area contributed by atoms with Crippen LogP contribution in [0.1, 0.15) is 34.1 Å². The van der Waals surface area contributed by atoms with Gasteiger partial charge in [-0.15, -0.1) is 0 Å². The molecule has 3 heteroatoms. The van der Waals surface area contributed by atoms with Crippen molar-refractivity contribution in [2.24, 2.45) is 11.3 Å². The predicted octanol–water partition coefficient (Wildman–Crippen LogP) is 1.75. The second kappa shape index (κ2) is 5.48. The van der Waals surface area contributed by atoms with Crippen molar-refractivity contribution >= 4 is 0 Å². The third-order valence-corrected chi connectivity index (χ3v) is 3.87. The number of aliphatic hydroxyl groups is 1. The molecule has 1 heterocycles. The van der Waals surface area contributed by atoms with Crippen LogP contribution in [0.4, 0.5) is 0 Å². The molecule has 0 spiro atoms. The van der Waals surface area contributed by atoms with Crippen molar-refractivity contribution in [1.82, 2.24) is 4.90 Å². The molecule has 1 N–H and O–H groups in total. The molecule has 16 heavy (non-hydrogen) atoms. The van der Waals surface area contributed by atoms with Crippen LogP contribution in [0.2, 0.25) is 0 Å². The van der Waals surface area contributed by atoms with Crippen LogP contribution in [0.25, 0.3) is 0 Å². The lowest BCUT2D eigenvalue weighted by atomic mass is 9.86. The minimum atomic E-state index is -0.191. The largest absolute Gasteiger partial charge is 0.393 e. The average Bonchev–Trinajstić information content (AvgIpc) is 2.19. The highest BCUT2D eigenvalue weighted by molar-refractivity contribution is 4.81. The highest BCUT2D eigenvalue weighted by Crippen LogP contribution is 2.25. The summed E-state index contributed by atoms with van der Waals surface area (Å²) in [5, 5.41) is 9.90. The van der Waals surface area contributed by atoms with Crippen LogP contribution in [0.15, 0.2) is 0 Å². The summed E-state index contributed by atoms with van der Waals surface area (Å²) >= 11 is 0. The van der Waals surface area contributed by atoms with Gasteiger partial charge in [-0.1, -0.05) is 20.8 Å². The first-order valence-electron chi connectivity index (χ1n) is 6.28. The van der Waals surface area contributed by atoms with E-state index in [1.807, 2.05) is 0 Å². The van der Waals surface area contributed by atoms with E-state index in [4.69, 9.17) is 4.74 Å². The standard InChI is InChI=1S/C13H27NO2/c1-10(13(2,3)4)14(5)8-11-9-16-7-6-12(11)15/h10-12,15H,6-9H2,1-5H3. The Labute approximate surface area is 99.8 Å². The van der Waals surface area contributed by atoms with Gasteiger partial charge in [-0.05, 0) is 25.8 Å². The number of hydrogen-bond donors (Lipinski definition) is 1. The fourth-order valence-corrected chi connectivity index (χ4v) is 2.15. The molecule has 3 nitrogen and oxygen atoms in total. The maximum absolute atomic E-state index is 9.90.